The van der Waals surface area contributed by atoms with Gasteiger partial charge in [0.1, 0.15) is 0 Å². The molecule has 0 unspecified atom stereocenters. The molecule has 2 saturated heterocycles. The number of ether oxygens (including phenoxy) is 2. The molecule has 108 valence electrons. The summed E-state index contributed by atoms with van der Waals surface area (Å²) in [5.74, 6) is 0. The van der Waals surface area contributed by atoms with Crippen LogP contribution in [-0.2, 0) is 16.0 Å². The van der Waals surface area contributed by atoms with E-state index in [1.54, 1.807) is 12.1 Å². The molecule has 0 N–H and O–H groups in total. The number of nitro benzene ring substituents is 1. The normalized spacial score (nSPS) is 27.0. The Hall–Kier alpha value is -1.50. The fraction of sp³-hybridized carbons (Fsp3) is 0.571. The zero-order chi connectivity index (χ0) is 14.0. The average molecular weight is 278 g/mol. The summed E-state index contributed by atoms with van der Waals surface area (Å²) in [4.78, 5) is 13.1. The van der Waals surface area contributed by atoms with Crippen LogP contribution in [0.5, 0.6) is 0 Å². The fourth-order valence-corrected chi connectivity index (χ4v) is 3.00. The minimum Gasteiger partial charge on any atom is -0.379 e. The van der Waals surface area contributed by atoms with Gasteiger partial charge in [0.25, 0.3) is 5.69 Å². The third-order valence-electron chi connectivity index (χ3n) is 4.18. The molecule has 1 atom stereocenters. The number of nitro groups is 1. The number of benzene rings is 1. The van der Waals surface area contributed by atoms with Crippen LogP contribution in [0.15, 0.2) is 24.3 Å². The number of nitrogens with zero attached hydrogens (tertiary/aromatic N) is 2. The van der Waals surface area contributed by atoms with Gasteiger partial charge in [-0.05, 0) is 6.42 Å². The average Bonchev–Trinajstić information content (AvgIpc) is 2.91. The second-order valence-corrected chi connectivity index (χ2v) is 5.39. The summed E-state index contributed by atoms with van der Waals surface area (Å²) in [6, 6.07) is 6.95. The molecule has 2 heterocycles. The highest BCUT2D eigenvalue weighted by molar-refractivity contribution is 5.39. The third-order valence-corrected chi connectivity index (χ3v) is 4.18. The number of hydrogen-bond acceptors (Lipinski definition) is 5. The second kappa shape index (κ2) is 5.47. The van der Waals surface area contributed by atoms with Crippen molar-refractivity contribution in [3.63, 3.8) is 0 Å². The monoisotopic (exact) mass is 278 g/mol. The van der Waals surface area contributed by atoms with Crippen molar-refractivity contribution in [3.8, 4) is 0 Å². The van der Waals surface area contributed by atoms with Gasteiger partial charge in [0.2, 0.25) is 0 Å². The first kappa shape index (κ1) is 13.5. The number of para-hydroxylation sites is 1. The zero-order valence-corrected chi connectivity index (χ0v) is 11.3. The van der Waals surface area contributed by atoms with E-state index < -0.39 is 0 Å². The predicted molar refractivity (Wildman–Crippen MR) is 72.5 cm³/mol. The molecule has 1 aromatic carbocycles. The molecule has 0 aliphatic carbocycles. The van der Waals surface area contributed by atoms with Crippen LogP contribution >= 0.6 is 0 Å². The highest BCUT2D eigenvalue weighted by atomic mass is 16.6. The van der Waals surface area contributed by atoms with Gasteiger partial charge in [-0.15, -0.1) is 0 Å². The molecule has 0 saturated carbocycles. The van der Waals surface area contributed by atoms with Crippen LogP contribution in [-0.4, -0.2) is 48.3 Å². The molecule has 6 nitrogen and oxygen atoms in total. The zero-order valence-electron chi connectivity index (χ0n) is 11.3. The summed E-state index contributed by atoms with van der Waals surface area (Å²) in [7, 11) is 0. The lowest BCUT2D eigenvalue weighted by atomic mass is 9.95. The van der Waals surface area contributed by atoms with Crippen LogP contribution in [0.25, 0.3) is 0 Å². The quantitative estimate of drug-likeness (QED) is 0.620. The third kappa shape index (κ3) is 2.42. The molecule has 1 spiro atoms. The molecule has 2 aliphatic rings. The lowest BCUT2D eigenvalue weighted by Crippen LogP contribution is -2.56. The van der Waals surface area contributed by atoms with Gasteiger partial charge < -0.3 is 9.47 Å². The van der Waals surface area contributed by atoms with E-state index in [1.165, 1.54) is 0 Å². The first-order chi connectivity index (χ1) is 9.71. The van der Waals surface area contributed by atoms with E-state index in [4.69, 9.17) is 9.47 Å². The van der Waals surface area contributed by atoms with E-state index in [0.29, 0.717) is 26.4 Å². The first-order valence-electron chi connectivity index (χ1n) is 6.84. The molecule has 1 aromatic rings. The predicted octanol–water partition coefficient (Wildman–Crippen LogP) is 1.59. The number of hydrogen-bond donors (Lipinski definition) is 0. The van der Waals surface area contributed by atoms with Crippen LogP contribution in [0.4, 0.5) is 5.69 Å². The van der Waals surface area contributed by atoms with Crippen molar-refractivity contribution in [1.82, 2.24) is 4.90 Å². The Morgan fingerprint density at radius 2 is 2.00 bits per heavy atom. The van der Waals surface area contributed by atoms with Gasteiger partial charge in [-0.1, -0.05) is 18.2 Å². The van der Waals surface area contributed by atoms with Gasteiger partial charge in [-0.2, -0.15) is 0 Å². The van der Waals surface area contributed by atoms with E-state index in [9.17, 15) is 10.1 Å². The summed E-state index contributed by atoms with van der Waals surface area (Å²) < 4.78 is 11.1. The standard InChI is InChI=1S/C14H18N2O4/c17-16(18)13-4-2-1-3-12(13)9-15-6-8-20-11-14(15)5-7-19-10-14/h1-4H,5-11H2/t14-/m0/s1. The van der Waals surface area contributed by atoms with Crippen LogP contribution in [0.2, 0.25) is 0 Å². The van der Waals surface area contributed by atoms with Gasteiger partial charge in [0.05, 0.1) is 30.3 Å². The van der Waals surface area contributed by atoms with E-state index >= 15 is 0 Å². The summed E-state index contributed by atoms with van der Waals surface area (Å²) >= 11 is 0. The Morgan fingerprint density at radius 3 is 2.75 bits per heavy atom. The van der Waals surface area contributed by atoms with E-state index in [2.05, 4.69) is 4.90 Å². The molecular weight excluding hydrogens is 260 g/mol. The minimum absolute atomic E-state index is 0.109. The summed E-state index contributed by atoms with van der Waals surface area (Å²) in [6.45, 7) is 4.06. The van der Waals surface area contributed by atoms with Crippen molar-refractivity contribution in [2.24, 2.45) is 0 Å². The van der Waals surface area contributed by atoms with Gasteiger partial charge >= 0.3 is 0 Å². The van der Waals surface area contributed by atoms with Crippen LogP contribution < -0.4 is 0 Å². The van der Waals surface area contributed by atoms with Crippen LogP contribution in [0, 0.1) is 10.1 Å². The lowest BCUT2D eigenvalue weighted by Gasteiger charge is -2.43. The smallest absolute Gasteiger partial charge is 0.273 e. The highest BCUT2D eigenvalue weighted by Gasteiger charge is 2.43. The summed E-state index contributed by atoms with van der Waals surface area (Å²) in [5.41, 5.74) is 0.834. The maximum atomic E-state index is 11.1. The fourth-order valence-electron chi connectivity index (χ4n) is 3.00. The molecule has 0 aromatic heterocycles. The first-order valence-corrected chi connectivity index (χ1v) is 6.84. The summed E-state index contributed by atoms with van der Waals surface area (Å²) in [5, 5.41) is 11.1. The molecule has 6 heteroatoms. The van der Waals surface area contributed by atoms with Gasteiger partial charge in [-0.25, -0.2) is 0 Å². The molecular formula is C14H18N2O4. The van der Waals surface area contributed by atoms with Crippen LogP contribution in [0.3, 0.4) is 0 Å². The maximum Gasteiger partial charge on any atom is 0.273 e. The summed E-state index contributed by atoms with van der Waals surface area (Å²) in [6.07, 6.45) is 0.924. The van der Waals surface area contributed by atoms with E-state index in [1.807, 2.05) is 12.1 Å². The van der Waals surface area contributed by atoms with Gasteiger partial charge in [0.15, 0.2) is 0 Å². The second-order valence-electron chi connectivity index (χ2n) is 5.39. The Balaban J connectivity index is 1.84. The Kier molecular flexibility index (Phi) is 3.69. The molecule has 0 radical (unpaired) electrons. The number of morpholine rings is 1. The largest absolute Gasteiger partial charge is 0.379 e. The molecule has 3 rings (SSSR count). The van der Waals surface area contributed by atoms with Crippen molar-refractivity contribution < 1.29 is 14.4 Å². The SMILES string of the molecule is O=[N+]([O-])c1ccccc1CN1CCOC[C@@]12CCOC2. The van der Waals surface area contributed by atoms with Crippen molar-refractivity contribution in [2.45, 2.75) is 18.5 Å². The van der Waals surface area contributed by atoms with Crippen molar-refractivity contribution in [1.29, 1.82) is 0 Å². The highest BCUT2D eigenvalue weighted by Crippen LogP contribution is 2.32. The van der Waals surface area contributed by atoms with Crippen molar-refractivity contribution in [3.05, 3.63) is 39.9 Å². The lowest BCUT2D eigenvalue weighted by molar-refractivity contribution is -0.385. The van der Waals surface area contributed by atoms with Crippen molar-refractivity contribution >= 4 is 5.69 Å². The molecule has 20 heavy (non-hydrogen) atoms. The Morgan fingerprint density at radius 1 is 1.25 bits per heavy atom. The Labute approximate surface area is 117 Å². The minimum atomic E-state index is -0.312. The van der Waals surface area contributed by atoms with Crippen LogP contribution in [0.1, 0.15) is 12.0 Å². The van der Waals surface area contributed by atoms with Gasteiger partial charge in [0, 0.05) is 31.3 Å². The van der Waals surface area contributed by atoms with Gasteiger partial charge in [-0.3, -0.25) is 15.0 Å². The molecule has 0 bridgehead atoms. The molecule has 2 fully saturated rings. The maximum absolute atomic E-state index is 11.1. The molecule has 2 aliphatic heterocycles. The van der Waals surface area contributed by atoms with E-state index in [-0.39, 0.29) is 16.1 Å². The number of rotatable bonds is 3. The molecule has 0 amide bonds. The Bertz CT molecular complexity index is 500. The topological polar surface area (TPSA) is 64.8 Å². The van der Waals surface area contributed by atoms with E-state index in [0.717, 1.165) is 25.1 Å². The van der Waals surface area contributed by atoms with Crippen molar-refractivity contribution in [2.75, 3.05) is 33.0 Å².